The van der Waals surface area contributed by atoms with Gasteiger partial charge >= 0.3 is 0 Å². The number of aryl methyl sites for hydroxylation is 1. The summed E-state index contributed by atoms with van der Waals surface area (Å²) in [5.41, 5.74) is 2.95. The molecule has 1 N–H and O–H groups in total. The van der Waals surface area contributed by atoms with E-state index in [4.69, 9.17) is 0 Å². The molecule has 0 amide bonds. The van der Waals surface area contributed by atoms with Crippen LogP contribution in [0, 0.1) is 6.92 Å². The van der Waals surface area contributed by atoms with Gasteiger partial charge in [-0.3, -0.25) is 0 Å². The third kappa shape index (κ3) is 7.00. The third-order valence-electron chi connectivity index (χ3n) is 2.93. The number of nitrogens with zero attached hydrogens (tertiary/aromatic N) is 1. The average molecular weight is 280 g/mol. The molecule has 0 saturated carbocycles. The molecule has 0 aliphatic carbocycles. The molecule has 0 unspecified atom stereocenters. The maximum atomic E-state index is 3.54. The quantitative estimate of drug-likeness (QED) is 0.803. The normalized spacial score (nSPS) is 12.2. The molecule has 19 heavy (non-hydrogen) atoms. The SMILES string of the molecule is Cc1cc(SCCN(C)C)ccc1CNC(C)(C)C. The predicted molar refractivity (Wildman–Crippen MR) is 87.0 cm³/mol. The van der Waals surface area contributed by atoms with Crippen molar-refractivity contribution in [3.8, 4) is 0 Å². The van der Waals surface area contributed by atoms with Crippen LogP contribution in [0.3, 0.4) is 0 Å². The number of hydrogen-bond donors (Lipinski definition) is 1. The van der Waals surface area contributed by atoms with Crippen LogP contribution in [0.5, 0.6) is 0 Å². The van der Waals surface area contributed by atoms with Crippen molar-refractivity contribution in [1.29, 1.82) is 0 Å². The van der Waals surface area contributed by atoms with Gasteiger partial charge in [-0.2, -0.15) is 0 Å². The molecule has 2 nitrogen and oxygen atoms in total. The summed E-state index contributed by atoms with van der Waals surface area (Å²) >= 11 is 1.93. The van der Waals surface area contributed by atoms with E-state index in [1.807, 2.05) is 11.8 Å². The van der Waals surface area contributed by atoms with Crippen LogP contribution in [-0.2, 0) is 6.54 Å². The summed E-state index contributed by atoms with van der Waals surface area (Å²) in [7, 11) is 4.24. The van der Waals surface area contributed by atoms with Crippen molar-refractivity contribution >= 4 is 11.8 Å². The lowest BCUT2D eigenvalue weighted by molar-refractivity contribution is 0.424. The average Bonchev–Trinajstić information content (AvgIpc) is 2.26. The van der Waals surface area contributed by atoms with E-state index in [1.54, 1.807) is 0 Å². The number of nitrogens with one attached hydrogen (secondary N) is 1. The van der Waals surface area contributed by atoms with E-state index in [9.17, 15) is 0 Å². The van der Waals surface area contributed by atoms with Crippen LogP contribution in [0.2, 0.25) is 0 Å². The minimum Gasteiger partial charge on any atom is -0.309 e. The zero-order valence-electron chi connectivity index (χ0n) is 13.2. The molecule has 108 valence electrons. The number of benzene rings is 1. The first-order valence-electron chi connectivity index (χ1n) is 6.90. The lowest BCUT2D eigenvalue weighted by Crippen LogP contribution is -2.35. The fraction of sp³-hybridized carbons (Fsp3) is 0.625. The van der Waals surface area contributed by atoms with Gasteiger partial charge in [0.1, 0.15) is 0 Å². The zero-order chi connectivity index (χ0) is 14.5. The Morgan fingerprint density at radius 1 is 1.21 bits per heavy atom. The molecule has 1 aromatic carbocycles. The van der Waals surface area contributed by atoms with Crippen molar-refractivity contribution in [1.82, 2.24) is 10.2 Å². The largest absolute Gasteiger partial charge is 0.309 e. The summed E-state index contributed by atoms with van der Waals surface area (Å²) in [6, 6.07) is 6.80. The summed E-state index contributed by atoms with van der Waals surface area (Å²) in [6.45, 7) is 10.9. The highest BCUT2D eigenvalue weighted by Gasteiger charge is 2.09. The van der Waals surface area contributed by atoms with E-state index in [1.165, 1.54) is 16.0 Å². The Morgan fingerprint density at radius 2 is 1.89 bits per heavy atom. The van der Waals surface area contributed by atoms with Gasteiger partial charge in [0.25, 0.3) is 0 Å². The summed E-state index contributed by atoms with van der Waals surface area (Å²) in [5.74, 6) is 1.14. The van der Waals surface area contributed by atoms with Crippen LogP contribution in [0.1, 0.15) is 31.9 Å². The van der Waals surface area contributed by atoms with Crippen LogP contribution in [0.4, 0.5) is 0 Å². The molecule has 0 aliphatic heterocycles. The summed E-state index contributed by atoms with van der Waals surface area (Å²) in [6.07, 6.45) is 0. The first-order valence-corrected chi connectivity index (χ1v) is 7.88. The Hall–Kier alpha value is -0.510. The van der Waals surface area contributed by atoms with Gasteiger partial charge < -0.3 is 10.2 Å². The van der Waals surface area contributed by atoms with Crippen molar-refractivity contribution in [3.05, 3.63) is 29.3 Å². The summed E-state index contributed by atoms with van der Waals surface area (Å²) < 4.78 is 0. The van der Waals surface area contributed by atoms with Crippen LogP contribution in [-0.4, -0.2) is 36.8 Å². The molecule has 0 heterocycles. The molecule has 0 radical (unpaired) electrons. The number of hydrogen-bond acceptors (Lipinski definition) is 3. The zero-order valence-corrected chi connectivity index (χ0v) is 14.0. The summed E-state index contributed by atoms with van der Waals surface area (Å²) in [4.78, 5) is 3.60. The molecule has 1 aromatic rings. The molecule has 0 aliphatic rings. The smallest absolute Gasteiger partial charge is 0.0212 e. The molecule has 0 bridgehead atoms. The highest BCUT2D eigenvalue weighted by atomic mass is 32.2. The number of thioether (sulfide) groups is 1. The second kappa shape index (κ2) is 7.32. The van der Waals surface area contributed by atoms with E-state index in [0.717, 1.165) is 18.8 Å². The molecule has 3 heteroatoms. The maximum absolute atomic E-state index is 3.54. The van der Waals surface area contributed by atoms with Crippen molar-refractivity contribution in [2.45, 2.75) is 44.7 Å². The van der Waals surface area contributed by atoms with Gasteiger partial charge in [-0.05, 0) is 65.0 Å². The van der Waals surface area contributed by atoms with E-state index < -0.39 is 0 Å². The second-order valence-corrected chi connectivity index (χ2v) is 7.51. The van der Waals surface area contributed by atoms with Gasteiger partial charge in [0.2, 0.25) is 0 Å². The fourth-order valence-electron chi connectivity index (χ4n) is 1.66. The van der Waals surface area contributed by atoms with Crippen molar-refractivity contribution < 1.29 is 0 Å². The van der Waals surface area contributed by atoms with Gasteiger partial charge in [-0.1, -0.05) is 6.07 Å². The predicted octanol–water partition coefficient (Wildman–Crippen LogP) is 3.54. The van der Waals surface area contributed by atoms with E-state index in [-0.39, 0.29) is 5.54 Å². The maximum Gasteiger partial charge on any atom is 0.0212 e. The molecule has 0 saturated heterocycles. The molecular formula is C16H28N2S. The summed E-state index contributed by atoms with van der Waals surface area (Å²) in [5, 5.41) is 3.54. The van der Waals surface area contributed by atoms with Gasteiger partial charge in [0, 0.05) is 29.3 Å². The van der Waals surface area contributed by atoms with Gasteiger partial charge in [-0.15, -0.1) is 11.8 Å². The molecule has 0 fully saturated rings. The van der Waals surface area contributed by atoms with Gasteiger partial charge in [0.15, 0.2) is 0 Å². The van der Waals surface area contributed by atoms with Crippen molar-refractivity contribution in [2.24, 2.45) is 0 Å². The number of rotatable bonds is 6. The van der Waals surface area contributed by atoms with Crippen molar-refractivity contribution in [2.75, 3.05) is 26.4 Å². The molecule has 1 rings (SSSR count). The lowest BCUT2D eigenvalue weighted by Gasteiger charge is -2.21. The Morgan fingerprint density at radius 3 is 2.42 bits per heavy atom. The van der Waals surface area contributed by atoms with Crippen LogP contribution >= 0.6 is 11.8 Å². The Labute approximate surface area is 123 Å². The van der Waals surface area contributed by atoms with E-state index in [2.05, 4.69) is 70.2 Å². The van der Waals surface area contributed by atoms with Crippen LogP contribution in [0.25, 0.3) is 0 Å². The molecule has 0 atom stereocenters. The van der Waals surface area contributed by atoms with E-state index in [0.29, 0.717) is 0 Å². The standard InChI is InChI=1S/C16H28N2S/c1-13-11-15(19-10-9-18(5)6)8-7-14(13)12-17-16(2,3)4/h7-8,11,17H,9-10,12H2,1-6H3. The second-order valence-electron chi connectivity index (χ2n) is 6.34. The third-order valence-corrected chi connectivity index (χ3v) is 3.90. The van der Waals surface area contributed by atoms with Crippen LogP contribution < -0.4 is 5.32 Å². The highest BCUT2D eigenvalue weighted by Crippen LogP contribution is 2.21. The van der Waals surface area contributed by atoms with Crippen molar-refractivity contribution in [3.63, 3.8) is 0 Å². The first kappa shape index (κ1) is 16.5. The van der Waals surface area contributed by atoms with Gasteiger partial charge in [0.05, 0.1) is 0 Å². The highest BCUT2D eigenvalue weighted by molar-refractivity contribution is 7.99. The minimum atomic E-state index is 0.172. The Bertz CT molecular complexity index is 394. The molecule has 0 spiro atoms. The topological polar surface area (TPSA) is 15.3 Å². The van der Waals surface area contributed by atoms with Gasteiger partial charge in [-0.25, -0.2) is 0 Å². The van der Waals surface area contributed by atoms with E-state index >= 15 is 0 Å². The van der Waals surface area contributed by atoms with Crippen LogP contribution in [0.15, 0.2) is 23.1 Å². The Kier molecular flexibility index (Phi) is 6.37. The first-order chi connectivity index (χ1) is 8.78. The molecular weight excluding hydrogens is 252 g/mol. The monoisotopic (exact) mass is 280 g/mol. The fourth-order valence-corrected chi connectivity index (χ4v) is 2.78. The lowest BCUT2D eigenvalue weighted by atomic mass is 10.1. The minimum absolute atomic E-state index is 0.172. The molecule has 0 aromatic heterocycles. The Balaban J connectivity index is 2.54.